The van der Waals surface area contributed by atoms with Gasteiger partial charge in [0.05, 0.1) is 24.0 Å². The second-order valence-corrected chi connectivity index (χ2v) is 8.17. The van der Waals surface area contributed by atoms with Crippen molar-refractivity contribution in [3.63, 3.8) is 0 Å². The number of anilines is 1. The number of benzene rings is 2. The van der Waals surface area contributed by atoms with Crippen molar-refractivity contribution in [2.45, 2.75) is 65.2 Å². The van der Waals surface area contributed by atoms with Gasteiger partial charge in [0.25, 0.3) is 5.70 Å². The molecule has 2 aromatic carbocycles. The first-order valence-corrected chi connectivity index (χ1v) is 12.1. The zero-order valence-corrected chi connectivity index (χ0v) is 20.0. The molecule has 0 aliphatic rings. The normalized spacial score (nSPS) is 11.3. The third kappa shape index (κ3) is 9.71. The lowest BCUT2D eigenvalue weighted by molar-refractivity contribution is 0.609. The van der Waals surface area contributed by atoms with E-state index in [1.807, 2.05) is 42.5 Å². The molecule has 0 atom stereocenters. The van der Waals surface area contributed by atoms with Crippen molar-refractivity contribution in [3.05, 3.63) is 71.2 Å². The van der Waals surface area contributed by atoms with Crippen molar-refractivity contribution in [1.82, 2.24) is 0 Å². The van der Waals surface area contributed by atoms with Crippen LogP contribution >= 0.6 is 0 Å². The quantitative estimate of drug-likeness (QED) is 0.127. The van der Waals surface area contributed by atoms with Crippen molar-refractivity contribution in [2.24, 2.45) is 10.2 Å². The number of allylic oxidation sites excluding steroid dienone is 1. The monoisotopic (exact) mass is 441 g/mol. The van der Waals surface area contributed by atoms with E-state index < -0.39 is 0 Å². The van der Waals surface area contributed by atoms with E-state index in [9.17, 15) is 0 Å². The Bertz CT molecular complexity index is 931. The van der Waals surface area contributed by atoms with Crippen LogP contribution in [0.2, 0.25) is 0 Å². The predicted molar refractivity (Wildman–Crippen MR) is 138 cm³/mol. The molecule has 172 valence electrons. The highest BCUT2D eigenvalue weighted by Crippen LogP contribution is 2.24. The molecular weight excluding hydrogens is 406 g/mol. The first-order chi connectivity index (χ1) is 16.2. The molecule has 0 heterocycles. The molecule has 0 aliphatic heterocycles. The van der Waals surface area contributed by atoms with Crippen LogP contribution in [0.15, 0.2) is 64.5 Å². The van der Waals surface area contributed by atoms with Crippen LogP contribution in [0.25, 0.3) is 10.9 Å². The topological polar surface area (TPSA) is 56.1 Å². The summed E-state index contributed by atoms with van der Waals surface area (Å²) in [4.78, 5) is 5.68. The fourth-order valence-corrected chi connectivity index (χ4v) is 3.56. The maximum absolute atomic E-state index is 8.87. The van der Waals surface area contributed by atoms with E-state index in [0.29, 0.717) is 0 Å². The molecule has 2 rings (SSSR count). The minimum Gasteiger partial charge on any atom is -0.372 e. The molecule has 0 saturated heterocycles. The molecule has 0 spiro atoms. The molecule has 0 N–H and O–H groups in total. The maximum atomic E-state index is 8.87. The Morgan fingerprint density at radius 3 is 1.82 bits per heavy atom. The Morgan fingerprint density at radius 2 is 1.36 bits per heavy atom. The first kappa shape index (κ1) is 25.8. The van der Waals surface area contributed by atoms with Crippen LogP contribution in [0.5, 0.6) is 0 Å². The van der Waals surface area contributed by atoms with Crippen LogP contribution in [0.3, 0.4) is 0 Å². The summed E-state index contributed by atoms with van der Waals surface area (Å²) in [5.41, 5.74) is 3.66. The molecule has 0 unspecified atom stereocenters. The van der Waals surface area contributed by atoms with Crippen molar-refractivity contribution < 1.29 is 0 Å². The Balaban J connectivity index is 2.00. The van der Waals surface area contributed by atoms with Crippen LogP contribution in [-0.2, 0) is 0 Å². The summed E-state index contributed by atoms with van der Waals surface area (Å²) in [6.45, 7) is 13.7. The molecule has 0 bridgehead atoms. The zero-order valence-electron chi connectivity index (χ0n) is 20.0. The van der Waals surface area contributed by atoms with Gasteiger partial charge in [-0.15, -0.1) is 0 Å². The number of nitrogens with zero attached hydrogens (tertiary/aromatic N) is 5. The lowest BCUT2D eigenvalue weighted by atomic mass is 10.1. The molecule has 5 heteroatoms. The number of unbranched alkanes of at least 4 members (excludes halogenated alkanes) is 6. The van der Waals surface area contributed by atoms with Gasteiger partial charge in [0.15, 0.2) is 0 Å². The molecule has 0 fully saturated rings. The van der Waals surface area contributed by atoms with Gasteiger partial charge < -0.3 is 4.90 Å². The highest BCUT2D eigenvalue weighted by atomic mass is 15.1. The van der Waals surface area contributed by atoms with Crippen molar-refractivity contribution in [3.8, 4) is 6.07 Å². The third-order valence-electron chi connectivity index (χ3n) is 5.49. The molecule has 0 aromatic heterocycles. The van der Waals surface area contributed by atoms with Gasteiger partial charge in [-0.3, -0.25) is 0 Å². The number of hydrogen-bond acceptors (Lipinski definition) is 4. The number of nitriles is 1. The van der Waals surface area contributed by atoms with E-state index in [0.717, 1.165) is 30.0 Å². The maximum Gasteiger partial charge on any atom is 0.262 e. The van der Waals surface area contributed by atoms with Gasteiger partial charge in [-0.2, -0.15) is 10.2 Å². The average molecular weight is 442 g/mol. The van der Waals surface area contributed by atoms with Gasteiger partial charge in [-0.1, -0.05) is 64.5 Å². The van der Waals surface area contributed by atoms with E-state index >= 15 is 0 Å². The summed E-state index contributed by atoms with van der Waals surface area (Å²) in [7, 11) is 0. The lowest BCUT2D eigenvalue weighted by Crippen LogP contribution is -2.25. The van der Waals surface area contributed by atoms with Gasteiger partial charge in [0.1, 0.15) is 0 Å². The van der Waals surface area contributed by atoms with Crippen LogP contribution in [0.1, 0.15) is 70.8 Å². The minimum absolute atomic E-state index is 0.0641. The van der Waals surface area contributed by atoms with Crippen LogP contribution < -0.4 is 4.90 Å². The zero-order chi connectivity index (χ0) is 23.7. The highest BCUT2D eigenvalue weighted by Gasteiger charge is 2.06. The first-order valence-electron chi connectivity index (χ1n) is 12.1. The van der Waals surface area contributed by atoms with Gasteiger partial charge in [-0.25, -0.2) is 10.1 Å². The Hall–Kier alpha value is -3.44. The number of hydrogen-bond donors (Lipinski definition) is 0. The summed E-state index contributed by atoms with van der Waals surface area (Å²) in [5.74, 6) is 0. The van der Waals surface area contributed by atoms with Crippen LogP contribution in [0.4, 0.5) is 17.1 Å². The molecule has 0 saturated carbocycles. The van der Waals surface area contributed by atoms with E-state index in [1.54, 1.807) is 6.08 Å². The summed E-state index contributed by atoms with van der Waals surface area (Å²) in [6.07, 6.45) is 11.7. The highest BCUT2D eigenvalue weighted by molar-refractivity contribution is 5.60. The average Bonchev–Trinajstić information content (AvgIpc) is 2.86. The van der Waals surface area contributed by atoms with Crippen molar-refractivity contribution in [2.75, 3.05) is 18.0 Å². The fourth-order valence-electron chi connectivity index (χ4n) is 3.56. The molecule has 33 heavy (non-hydrogen) atoms. The van der Waals surface area contributed by atoms with E-state index in [2.05, 4.69) is 46.0 Å². The van der Waals surface area contributed by atoms with Crippen molar-refractivity contribution in [1.29, 1.82) is 5.26 Å². The van der Waals surface area contributed by atoms with Crippen LogP contribution in [0, 0.1) is 17.9 Å². The van der Waals surface area contributed by atoms with Crippen molar-refractivity contribution >= 4 is 23.1 Å². The standard InChI is InChI=1S/C28H35N5/c1-4-6-8-10-20-33(21-11-9-7-5-2)28-18-16-26(17-19-28)32-31-25-14-12-24(13-15-25)22-27(23-29)30-3/h12-19,22H,4-11,20-21H2,1-2H3/b27-22-,32-31?. The second-order valence-electron chi connectivity index (χ2n) is 8.17. The SMILES string of the molecule is [C-]#[N+]/C(C#N)=C\c1ccc(N=Nc2ccc(N(CCCCCC)CCCCCC)cc2)cc1. The Morgan fingerprint density at radius 1 is 0.848 bits per heavy atom. The van der Waals surface area contributed by atoms with E-state index in [-0.39, 0.29) is 5.70 Å². The smallest absolute Gasteiger partial charge is 0.262 e. The van der Waals surface area contributed by atoms with E-state index in [1.165, 1.54) is 57.1 Å². The summed E-state index contributed by atoms with van der Waals surface area (Å²) in [6, 6.07) is 17.5. The second kappa shape index (κ2) is 15.4. The Kier molecular flexibility index (Phi) is 12.0. The molecule has 0 radical (unpaired) electrons. The lowest BCUT2D eigenvalue weighted by Gasteiger charge is -2.25. The summed E-state index contributed by atoms with van der Waals surface area (Å²) in [5, 5.41) is 17.5. The molecular formula is C28H35N5. The van der Waals surface area contributed by atoms with Gasteiger partial charge >= 0.3 is 0 Å². The molecule has 2 aromatic rings. The van der Waals surface area contributed by atoms with Gasteiger partial charge in [0.2, 0.25) is 0 Å². The Labute approximate surface area is 199 Å². The minimum atomic E-state index is 0.0641. The largest absolute Gasteiger partial charge is 0.372 e. The predicted octanol–water partition coefficient (Wildman–Crippen LogP) is 8.85. The van der Waals surface area contributed by atoms with Gasteiger partial charge in [0, 0.05) is 18.8 Å². The number of azo groups is 1. The third-order valence-corrected chi connectivity index (χ3v) is 5.49. The molecule has 5 nitrogen and oxygen atoms in total. The van der Waals surface area contributed by atoms with Gasteiger partial charge in [-0.05, 0) is 60.9 Å². The van der Waals surface area contributed by atoms with Crippen LogP contribution in [-0.4, -0.2) is 13.1 Å². The summed E-state index contributed by atoms with van der Waals surface area (Å²) < 4.78 is 0. The van der Waals surface area contributed by atoms with E-state index in [4.69, 9.17) is 11.8 Å². The summed E-state index contributed by atoms with van der Waals surface area (Å²) >= 11 is 0. The number of rotatable bonds is 14. The molecule has 0 aliphatic carbocycles. The fraction of sp³-hybridized carbons (Fsp3) is 0.429. The molecule has 0 amide bonds.